The van der Waals surface area contributed by atoms with Crippen LogP contribution in [0.5, 0.6) is 0 Å². The number of guanidine groups is 1. The van der Waals surface area contributed by atoms with Crippen molar-refractivity contribution >= 4 is 35.9 Å². The van der Waals surface area contributed by atoms with Crippen LogP contribution in [0.4, 0.5) is 0 Å². The monoisotopic (exact) mass is 468 g/mol. The van der Waals surface area contributed by atoms with Crippen LogP contribution in [0.3, 0.4) is 0 Å². The lowest BCUT2D eigenvalue weighted by atomic mass is 9.97. The molecule has 0 radical (unpaired) electrons. The molecule has 0 aromatic carbocycles. The smallest absolute Gasteiger partial charge is 0.308 e. The number of halogens is 1. The predicted molar refractivity (Wildman–Crippen MR) is 110 cm³/mol. The van der Waals surface area contributed by atoms with Crippen LogP contribution >= 0.6 is 24.0 Å². The lowest BCUT2D eigenvalue weighted by Crippen LogP contribution is -2.47. The molecule has 2 rings (SSSR count). The highest BCUT2D eigenvalue weighted by Crippen LogP contribution is 2.18. The number of likely N-dealkylation sites (tertiary alicyclic amines) is 1. The summed E-state index contributed by atoms with van der Waals surface area (Å²) in [6, 6.07) is 0. The predicted octanol–water partition coefficient (Wildman–Crippen LogP) is 1.18. The van der Waals surface area contributed by atoms with E-state index in [1.807, 2.05) is 7.05 Å². The average molecular weight is 468 g/mol. The summed E-state index contributed by atoms with van der Waals surface area (Å²) in [5.41, 5.74) is 0. The molecule has 0 amide bonds. The molecular formula is C17H33IN4O3. The summed E-state index contributed by atoms with van der Waals surface area (Å²) in [5, 5.41) is 3.45. The van der Waals surface area contributed by atoms with E-state index in [2.05, 4.69) is 20.1 Å². The number of nitrogens with one attached hydrogen (secondary N) is 1. The average Bonchev–Trinajstić information content (AvgIpc) is 2.65. The molecule has 0 saturated carbocycles. The van der Waals surface area contributed by atoms with Crippen molar-refractivity contribution < 1.29 is 14.3 Å². The maximum Gasteiger partial charge on any atom is 0.308 e. The number of hydrogen-bond donors (Lipinski definition) is 1. The molecule has 0 unspecified atom stereocenters. The molecule has 0 aromatic rings. The Morgan fingerprint density at radius 1 is 1.20 bits per heavy atom. The Kier molecular flexibility index (Phi) is 11.4. The number of carbonyl (C=O) groups is 1. The summed E-state index contributed by atoms with van der Waals surface area (Å²) in [6.45, 7) is 7.65. The summed E-state index contributed by atoms with van der Waals surface area (Å²) in [6.07, 6.45) is 4.00. The number of morpholine rings is 1. The third-order valence-electron chi connectivity index (χ3n) is 4.83. The van der Waals surface area contributed by atoms with E-state index >= 15 is 0 Å². The van der Waals surface area contributed by atoms with Gasteiger partial charge in [-0.1, -0.05) is 0 Å². The Morgan fingerprint density at radius 3 is 2.48 bits per heavy atom. The molecule has 0 aromatic heterocycles. The molecule has 2 aliphatic rings. The lowest BCUT2D eigenvalue weighted by Gasteiger charge is -2.33. The highest BCUT2D eigenvalue weighted by molar-refractivity contribution is 14.0. The van der Waals surface area contributed by atoms with E-state index in [4.69, 9.17) is 9.47 Å². The van der Waals surface area contributed by atoms with Crippen molar-refractivity contribution in [1.82, 2.24) is 15.1 Å². The lowest BCUT2D eigenvalue weighted by molar-refractivity contribution is -0.146. The summed E-state index contributed by atoms with van der Waals surface area (Å²) in [5.74, 6) is 0.906. The molecule has 7 nitrogen and oxygen atoms in total. The first-order valence-electron chi connectivity index (χ1n) is 9.08. The Morgan fingerprint density at radius 2 is 1.88 bits per heavy atom. The molecule has 0 spiro atoms. The van der Waals surface area contributed by atoms with E-state index < -0.39 is 0 Å². The van der Waals surface area contributed by atoms with Gasteiger partial charge in [-0.3, -0.25) is 14.7 Å². The Hall–Kier alpha value is -0.610. The number of methoxy groups -OCH3 is 1. The second kappa shape index (κ2) is 12.7. The van der Waals surface area contributed by atoms with Crippen LogP contribution in [0.25, 0.3) is 0 Å². The molecule has 8 heteroatoms. The first-order chi connectivity index (χ1) is 11.7. The van der Waals surface area contributed by atoms with Crippen LogP contribution < -0.4 is 5.32 Å². The number of ether oxygens (including phenoxy) is 2. The molecular weight excluding hydrogens is 435 g/mol. The van der Waals surface area contributed by atoms with E-state index in [1.165, 1.54) is 13.5 Å². The molecule has 2 aliphatic heterocycles. The van der Waals surface area contributed by atoms with Crippen LogP contribution in [0, 0.1) is 5.92 Å². The van der Waals surface area contributed by atoms with Crippen molar-refractivity contribution in [2.24, 2.45) is 10.9 Å². The van der Waals surface area contributed by atoms with Gasteiger partial charge < -0.3 is 19.7 Å². The number of piperidine rings is 1. The molecule has 2 fully saturated rings. The van der Waals surface area contributed by atoms with E-state index in [9.17, 15) is 4.79 Å². The minimum atomic E-state index is -0.0827. The van der Waals surface area contributed by atoms with Gasteiger partial charge >= 0.3 is 5.97 Å². The highest BCUT2D eigenvalue weighted by atomic mass is 127. The fourth-order valence-corrected chi connectivity index (χ4v) is 3.31. The number of rotatable bonds is 6. The van der Waals surface area contributed by atoms with E-state index in [0.29, 0.717) is 0 Å². The third kappa shape index (κ3) is 7.65. The second-order valence-corrected chi connectivity index (χ2v) is 6.42. The zero-order chi connectivity index (χ0) is 17.2. The van der Waals surface area contributed by atoms with Gasteiger partial charge in [0.2, 0.25) is 0 Å². The van der Waals surface area contributed by atoms with Crippen LogP contribution in [-0.4, -0.2) is 88.4 Å². The van der Waals surface area contributed by atoms with Crippen LogP contribution in [0.1, 0.15) is 25.7 Å². The van der Waals surface area contributed by atoms with Gasteiger partial charge in [-0.25, -0.2) is 0 Å². The highest BCUT2D eigenvalue weighted by Gasteiger charge is 2.26. The molecule has 0 bridgehead atoms. The van der Waals surface area contributed by atoms with Gasteiger partial charge in [0.05, 0.1) is 26.2 Å². The quantitative estimate of drug-likeness (QED) is 0.208. The minimum Gasteiger partial charge on any atom is -0.469 e. The number of carbonyl (C=O) groups excluding carboxylic acids is 1. The molecule has 2 saturated heterocycles. The number of unbranched alkanes of at least 4 members (excludes halogenated alkanes) is 1. The van der Waals surface area contributed by atoms with Crippen molar-refractivity contribution in [1.29, 1.82) is 0 Å². The van der Waals surface area contributed by atoms with Gasteiger partial charge in [0.25, 0.3) is 0 Å². The van der Waals surface area contributed by atoms with Gasteiger partial charge in [0.15, 0.2) is 5.96 Å². The normalized spacial score (nSPS) is 20.1. The molecule has 1 N–H and O–H groups in total. The van der Waals surface area contributed by atoms with Crippen LogP contribution in [0.2, 0.25) is 0 Å². The first kappa shape index (κ1) is 22.4. The van der Waals surface area contributed by atoms with Gasteiger partial charge in [-0.2, -0.15) is 0 Å². The largest absolute Gasteiger partial charge is 0.469 e. The molecule has 25 heavy (non-hydrogen) atoms. The number of esters is 1. The molecule has 146 valence electrons. The standard InChI is InChI=1S/C17H32N4O3.HI/c1-18-17(21-9-5-15(6-10-21)16(22)23-2)19-7-3-4-8-20-11-13-24-14-12-20;/h15H,3-14H2,1-2H3,(H,18,19);1H. The molecule has 2 heterocycles. The van der Waals surface area contributed by atoms with Crippen molar-refractivity contribution in [3.63, 3.8) is 0 Å². The fraction of sp³-hybridized carbons (Fsp3) is 0.882. The van der Waals surface area contributed by atoms with Crippen molar-refractivity contribution in [2.75, 3.05) is 66.6 Å². The summed E-state index contributed by atoms with van der Waals surface area (Å²) in [4.78, 5) is 20.7. The van der Waals surface area contributed by atoms with Gasteiger partial charge in [-0.15, -0.1) is 24.0 Å². The Labute approximate surface area is 168 Å². The summed E-state index contributed by atoms with van der Waals surface area (Å²) < 4.78 is 10.2. The summed E-state index contributed by atoms with van der Waals surface area (Å²) in [7, 11) is 3.29. The fourth-order valence-electron chi connectivity index (χ4n) is 3.31. The van der Waals surface area contributed by atoms with Crippen molar-refractivity contribution in [2.45, 2.75) is 25.7 Å². The van der Waals surface area contributed by atoms with Gasteiger partial charge in [-0.05, 0) is 32.2 Å². The van der Waals surface area contributed by atoms with E-state index in [0.717, 1.165) is 77.7 Å². The Bertz CT molecular complexity index is 409. The first-order valence-corrected chi connectivity index (χ1v) is 9.08. The van der Waals surface area contributed by atoms with E-state index in [-0.39, 0.29) is 35.9 Å². The zero-order valence-corrected chi connectivity index (χ0v) is 17.9. The maximum absolute atomic E-state index is 11.6. The second-order valence-electron chi connectivity index (χ2n) is 6.42. The number of aliphatic imine (C=N–C) groups is 1. The van der Waals surface area contributed by atoms with Gasteiger partial charge in [0.1, 0.15) is 0 Å². The number of hydrogen-bond acceptors (Lipinski definition) is 5. The Balaban J connectivity index is 0.00000312. The zero-order valence-electron chi connectivity index (χ0n) is 15.5. The van der Waals surface area contributed by atoms with Crippen molar-refractivity contribution in [3.8, 4) is 0 Å². The molecule has 0 atom stereocenters. The van der Waals surface area contributed by atoms with Crippen LogP contribution in [-0.2, 0) is 14.3 Å². The third-order valence-corrected chi connectivity index (χ3v) is 4.83. The van der Waals surface area contributed by atoms with Crippen LogP contribution in [0.15, 0.2) is 4.99 Å². The van der Waals surface area contributed by atoms with E-state index in [1.54, 1.807) is 0 Å². The van der Waals surface area contributed by atoms with Gasteiger partial charge in [0, 0.05) is 39.8 Å². The number of nitrogens with zero attached hydrogens (tertiary/aromatic N) is 3. The minimum absolute atomic E-state index is 0. The van der Waals surface area contributed by atoms with Crippen molar-refractivity contribution in [3.05, 3.63) is 0 Å². The topological polar surface area (TPSA) is 66.4 Å². The SMILES string of the molecule is CN=C(NCCCCN1CCOCC1)N1CCC(C(=O)OC)CC1.I. The molecule has 0 aliphatic carbocycles. The maximum atomic E-state index is 11.6. The summed E-state index contributed by atoms with van der Waals surface area (Å²) >= 11 is 0.